The molecule has 3 aromatic rings. The Hall–Kier alpha value is -2.66. The third-order valence-corrected chi connectivity index (χ3v) is 4.96. The Kier molecular flexibility index (Phi) is 4.24. The number of fused-ring (bicyclic) bond motifs is 2. The van der Waals surface area contributed by atoms with E-state index in [1.807, 2.05) is 38.1 Å². The van der Waals surface area contributed by atoms with Crippen molar-refractivity contribution in [1.82, 2.24) is 10.3 Å². The van der Waals surface area contributed by atoms with Crippen molar-refractivity contribution in [1.29, 1.82) is 0 Å². The summed E-state index contributed by atoms with van der Waals surface area (Å²) in [6.45, 7) is 5.42. The topological polar surface area (TPSA) is 63.4 Å². The van der Waals surface area contributed by atoms with Gasteiger partial charge in [0.1, 0.15) is 13.2 Å². The number of aryl methyl sites for hydroxylation is 2. The van der Waals surface area contributed by atoms with E-state index < -0.39 is 0 Å². The summed E-state index contributed by atoms with van der Waals surface area (Å²) in [7, 11) is 0. The van der Waals surface area contributed by atoms with E-state index in [1.54, 1.807) is 6.07 Å². The number of carbonyl (C=O) groups is 1. The average molecular weight is 371 g/mol. The molecule has 0 atom stereocenters. The van der Waals surface area contributed by atoms with Crippen LogP contribution in [-0.4, -0.2) is 24.1 Å². The van der Waals surface area contributed by atoms with Gasteiger partial charge in [-0.3, -0.25) is 4.79 Å². The van der Waals surface area contributed by atoms with Crippen molar-refractivity contribution >= 4 is 28.4 Å². The lowest BCUT2D eigenvalue weighted by atomic mass is 10.1. The number of aromatic amines is 1. The molecule has 0 aliphatic carbocycles. The third kappa shape index (κ3) is 2.99. The quantitative estimate of drug-likeness (QED) is 0.728. The molecule has 26 heavy (non-hydrogen) atoms. The maximum atomic E-state index is 12.5. The van der Waals surface area contributed by atoms with E-state index in [1.165, 1.54) is 0 Å². The Morgan fingerprint density at radius 2 is 2.00 bits per heavy atom. The number of H-pyrrole nitrogens is 1. The molecule has 5 nitrogen and oxygen atoms in total. The van der Waals surface area contributed by atoms with Crippen LogP contribution < -0.4 is 14.8 Å². The number of benzene rings is 2. The molecule has 4 rings (SSSR count). The number of nitrogens with one attached hydrogen (secondary N) is 2. The molecule has 1 aliphatic rings. The first-order valence-electron chi connectivity index (χ1n) is 8.48. The summed E-state index contributed by atoms with van der Waals surface area (Å²) in [5, 5.41) is 4.50. The van der Waals surface area contributed by atoms with E-state index in [0.717, 1.165) is 27.7 Å². The molecule has 0 bridgehead atoms. The summed E-state index contributed by atoms with van der Waals surface area (Å²) < 4.78 is 11.1. The van der Waals surface area contributed by atoms with Crippen molar-refractivity contribution in [3.8, 4) is 11.5 Å². The standard InChI is InChI=1S/C20H19ClN2O3/c1-11-12(2)23-17-4-3-14(9-15(11)17)20(24)22-10-13-7-16(21)19-18(8-13)25-5-6-26-19/h3-4,7-9,23H,5-6,10H2,1-2H3,(H,22,24). The van der Waals surface area contributed by atoms with E-state index >= 15 is 0 Å². The number of halogens is 1. The van der Waals surface area contributed by atoms with E-state index in [9.17, 15) is 4.79 Å². The fourth-order valence-electron chi connectivity index (χ4n) is 3.15. The Balaban J connectivity index is 1.52. The zero-order valence-corrected chi connectivity index (χ0v) is 15.4. The molecular weight excluding hydrogens is 352 g/mol. The molecule has 6 heteroatoms. The van der Waals surface area contributed by atoms with Gasteiger partial charge in [0.15, 0.2) is 11.5 Å². The number of hydrogen-bond donors (Lipinski definition) is 2. The maximum Gasteiger partial charge on any atom is 0.251 e. The van der Waals surface area contributed by atoms with Crippen molar-refractivity contribution in [2.45, 2.75) is 20.4 Å². The summed E-state index contributed by atoms with van der Waals surface area (Å²) in [5.41, 5.74) is 4.80. The predicted molar refractivity (Wildman–Crippen MR) is 101 cm³/mol. The molecule has 0 radical (unpaired) electrons. The minimum Gasteiger partial charge on any atom is -0.486 e. The molecule has 2 aromatic carbocycles. The number of amides is 1. The molecule has 2 N–H and O–H groups in total. The zero-order valence-electron chi connectivity index (χ0n) is 14.6. The fraction of sp³-hybridized carbons (Fsp3) is 0.250. The van der Waals surface area contributed by atoms with Crippen LogP contribution >= 0.6 is 11.6 Å². The van der Waals surface area contributed by atoms with E-state index in [2.05, 4.69) is 10.3 Å². The molecule has 1 aromatic heterocycles. The van der Waals surface area contributed by atoms with Crippen LogP contribution in [0.3, 0.4) is 0 Å². The molecule has 0 unspecified atom stereocenters. The zero-order chi connectivity index (χ0) is 18.3. The first kappa shape index (κ1) is 16.8. The summed E-state index contributed by atoms with van der Waals surface area (Å²) in [5.74, 6) is 1.06. The van der Waals surface area contributed by atoms with Gasteiger partial charge >= 0.3 is 0 Å². The summed E-state index contributed by atoms with van der Waals surface area (Å²) >= 11 is 6.24. The molecule has 1 amide bonds. The lowest BCUT2D eigenvalue weighted by Crippen LogP contribution is -2.23. The van der Waals surface area contributed by atoms with Gasteiger partial charge in [0.05, 0.1) is 5.02 Å². The summed E-state index contributed by atoms with van der Waals surface area (Å²) in [6.07, 6.45) is 0. The maximum absolute atomic E-state index is 12.5. The van der Waals surface area contributed by atoms with Gasteiger partial charge in [-0.1, -0.05) is 11.6 Å². The van der Waals surface area contributed by atoms with Crippen molar-refractivity contribution in [3.05, 3.63) is 57.7 Å². The molecule has 2 heterocycles. The average Bonchev–Trinajstić information content (AvgIpc) is 2.93. The van der Waals surface area contributed by atoms with Gasteiger partial charge in [-0.25, -0.2) is 0 Å². The lowest BCUT2D eigenvalue weighted by Gasteiger charge is -2.20. The van der Waals surface area contributed by atoms with Crippen molar-refractivity contribution in [2.24, 2.45) is 0 Å². The summed E-state index contributed by atoms with van der Waals surface area (Å²) in [4.78, 5) is 15.9. The van der Waals surface area contributed by atoms with Crippen LogP contribution in [0.5, 0.6) is 11.5 Å². The second-order valence-corrected chi connectivity index (χ2v) is 6.83. The van der Waals surface area contributed by atoms with E-state index in [4.69, 9.17) is 21.1 Å². The minimum absolute atomic E-state index is 0.129. The normalized spacial score (nSPS) is 13.0. The number of carbonyl (C=O) groups excluding carboxylic acids is 1. The van der Waals surface area contributed by atoms with Crippen molar-refractivity contribution < 1.29 is 14.3 Å². The molecule has 0 saturated heterocycles. The van der Waals surface area contributed by atoms with Crippen LogP contribution in [0.1, 0.15) is 27.2 Å². The van der Waals surface area contributed by atoms with Gasteiger partial charge in [-0.05, 0) is 55.3 Å². The highest BCUT2D eigenvalue weighted by molar-refractivity contribution is 6.32. The predicted octanol–water partition coefficient (Wildman–Crippen LogP) is 4.14. The third-order valence-electron chi connectivity index (χ3n) is 4.68. The SMILES string of the molecule is Cc1[nH]c2ccc(C(=O)NCc3cc(Cl)c4c(c3)OCCO4)cc2c1C. The summed E-state index contributed by atoms with van der Waals surface area (Å²) in [6, 6.07) is 9.32. The van der Waals surface area contributed by atoms with Gasteiger partial charge in [-0.15, -0.1) is 0 Å². The van der Waals surface area contributed by atoms with Crippen LogP contribution in [0, 0.1) is 13.8 Å². The van der Waals surface area contributed by atoms with Crippen LogP contribution in [0.25, 0.3) is 10.9 Å². The van der Waals surface area contributed by atoms with E-state index in [-0.39, 0.29) is 5.91 Å². The lowest BCUT2D eigenvalue weighted by molar-refractivity contribution is 0.0951. The number of hydrogen-bond acceptors (Lipinski definition) is 3. The number of aromatic nitrogens is 1. The first-order chi connectivity index (χ1) is 12.5. The van der Waals surface area contributed by atoms with Gasteiger partial charge in [0, 0.05) is 28.7 Å². The highest BCUT2D eigenvalue weighted by atomic mass is 35.5. The monoisotopic (exact) mass is 370 g/mol. The highest BCUT2D eigenvalue weighted by Gasteiger charge is 2.17. The van der Waals surface area contributed by atoms with Crippen LogP contribution in [0.2, 0.25) is 5.02 Å². The Bertz CT molecular complexity index is 1010. The molecule has 0 spiro atoms. The van der Waals surface area contributed by atoms with Gasteiger partial charge in [-0.2, -0.15) is 0 Å². The second kappa shape index (κ2) is 6.57. The first-order valence-corrected chi connectivity index (χ1v) is 8.86. The number of ether oxygens (including phenoxy) is 2. The Labute approximate surface area is 156 Å². The van der Waals surface area contributed by atoms with Crippen LogP contribution in [-0.2, 0) is 6.54 Å². The molecule has 0 fully saturated rings. The van der Waals surface area contributed by atoms with Gasteiger partial charge < -0.3 is 19.8 Å². The number of rotatable bonds is 3. The Morgan fingerprint density at radius 1 is 1.19 bits per heavy atom. The van der Waals surface area contributed by atoms with Crippen molar-refractivity contribution in [2.75, 3.05) is 13.2 Å². The molecule has 134 valence electrons. The molecule has 0 saturated carbocycles. The highest BCUT2D eigenvalue weighted by Crippen LogP contribution is 2.38. The Morgan fingerprint density at radius 3 is 2.85 bits per heavy atom. The van der Waals surface area contributed by atoms with Crippen LogP contribution in [0.15, 0.2) is 30.3 Å². The second-order valence-electron chi connectivity index (χ2n) is 6.42. The largest absolute Gasteiger partial charge is 0.486 e. The molecule has 1 aliphatic heterocycles. The van der Waals surface area contributed by atoms with Gasteiger partial charge in [0.25, 0.3) is 5.91 Å². The van der Waals surface area contributed by atoms with Crippen LogP contribution in [0.4, 0.5) is 0 Å². The fourth-order valence-corrected chi connectivity index (χ4v) is 3.44. The molecular formula is C20H19ClN2O3. The van der Waals surface area contributed by atoms with Crippen molar-refractivity contribution in [3.63, 3.8) is 0 Å². The van der Waals surface area contributed by atoms with E-state index in [0.29, 0.717) is 41.8 Å². The smallest absolute Gasteiger partial charge is 0.251 e. The van der Waals surface area contributed by atoms with Gasteiger partial charge in [0.2, 0.25) is 0 Å². The minimum atomic E-state index is -0.129.